The molecule has 2 aromatic rings. The lowest BCUT2D eigenvalue weighted by molar-refractivity contribution is -0.184. The Balaban J connectivity index is 1.24. The highest BCUT2D eigenvalue weighted by Crippen LogP contribution is 2.35. The molecule has 2 aromatic carbocycles. The normalized spacial score (nSPS) is 21.0. The highest BCUT2D eigenvalue weighted by atomic mass is 19.4. The average Bonchev–Trinajstić information content (AvgIpc) is 2.87. The average molecular weight is 519 g/mol. The largest absolute Gasteiger partial charge is 0.416 e. The maximum Gasteiger partial charge on any atom is 0.416 e. The topological polar surface area (TPSA) is 68.3 Å². The number of benzene rings is 2. The molecule has 10 heteroatoms. The van der Waals surface area contributed by atoms with Crippen LogP contribution in [0.2, 0.25) is 0 Å². The van der Waals surface area contributed by atoms with Gasteiger partial charge < -0.3 is 29.9 Å². The first-order valence-electron chi connectivity index (χ1n) is 12.7. The number of alkyl halides is 3. The van der Waals surface area contributed by atoms with Crippen molar-refractivity contribution in [2.24, 2.45) is 5.92 Å². The highest BCUT2D eigenvalue weighted by Gasteiger charge is 2.39. The summed E-state index contributed by atoms with van der Waals surface area (Å²) in [4.78, 5) is 19.7. The zero-order valence-electron chi connectivity index (χ0n) is 20.9. The van der Waals surface area contributed by atoms with Crippen molar-refractivity contribution in [1.29, 1.82) is 0 Å². The van der Waals surface area contributed by atoms with E-state index in [2.05, 4.69) is 22.2 Å². The summed E-state index contributed by atoms with van der Waals surface area (Å²) in [6.07, 6.45) is -3.14. The number of ether oxygens (including phenoxy) is 1. The van der Waals surface area contributed by atoms with E-state index in [1.807, 2.05) is 23.1 Å². The molecule has 0 radical (unpaired) electrons. The van der Waals surface area contributed by atoms with E-state index in [0.717, 1.165) is 55.2 Å². The predicted octanol–water partition coefficient (Wildman–Crippen LogP) is 3.53. The van der Waals surface area contributed by atoms with Gasteiger partial charge in [0.25, 0.3) is 0 Å². The number of anilines is 3. The number of carbonyl (C=O) groups is 1. The van der Waals surface area contributed by atoms with Crippen LogP contribution < -0.4 is 15.1 Å². The molecule has 3 heterocycles. The summed E-state index contributed by atoms with van der Waals surface area (Å²) < 4.78 is 43.8. The van der Waals surface area contributed by atoms with Gasteiger partial charge in [-0.15, -0.1) is 0 Å². The van der Waals surface area contributed by atoms with Crippen molar-refractivity contribution in [2.75, 3.05) is 74.6 Å². The zero-order chi connectivity index (χ0) is 26.2. The van der Waals surface area contributed by atoms with Gasteiger partial charge in [-0.05, 0) is 67.9 Å². The Bertz CT molecular complexity index is 1100. The van der Waals surface area contributed by atoms with Crippen LogP contribution in [-0.4, -0.2) is 75.4 Å². The third-order valence-corrected chi connectivity index (χ3v) is 7.70. The summed E-state index contributed by atoms with van der Waals surface area (Å²) in [5.41, 5.74) is 1.38. The van der Waals surface area contributed by atoms with E-state index >= 15 is 0 Å². The van der Waals surface area contributed by atoms with Crippen molar-refractivity contribution in [3.8, 4) is 0 Å². The number of likely N-dealkylation sites (N-methyl/N-ethyl adjacent to an activating group) is 1. The summed E-state index contributed by atoms with van der Waals surface area (Å²) in [5.74, 6) is -0.276. The van der Waals surface area contributed by atoms with E-state index in [9.17, 15) is 23.1 Å². The Hall–Kier alpha value is -2.82. The van der Waals surface area contributed by atoms with Crippen LogP contribution in [0.4, 0.5) is 30.2 Å². The molecule has 7 nitrogen and oxygen atoms in total. The highest BCUT2D eigenvalue weighted by molar-refractivity contribution is 5.93. The quantitative estimate of drug-likeness (QED) is 0.632. The van der Waals surface area contributed by atoms with Crippen molar-refractivity contribution < 1.29 is 27.8 Å². The number of amides is 1. The van der Waals surface area contributed by atoms with Crippen molar-refractivity contribution in [3.05, 3.63) is 53.6 Å². The van der Waals surface area contributed by atoms with Gasteiger partial charge in [0.1, 0.15) is 5.60 Å². The maximum absolute atomic E-state index is 13.2. The summed E-state index contributed by atoms with van der Waals surface area (Å²) in [6.45, 7) is 5.26. The van der Waals surface area contributed by atoms with E-state index in [1.54, 1.807) is 0 Å². The first-order chi connectivity index (χ1) is 17.6. The Morgan fingerprint density at radius 3 is 2.14 bits per heavy atom. The number of nitrogens with one attached hydrogen (secondary N) is 1. The second-order valence-corrected chi connectivity index (χ2v) is 10.4. The summed E-state index contributed by atoms with van der Waals surface area (Å²) in [6, 6.07) is 11.0. The molecule has 0 spiro atoms. The minimum absolute atomic E-state index is 0.0783. The lowest BCUT2D eigenvalue weighted by Gasteiger charge is -2.39. The molecule has 2 N–H and O–H groups in total. The van der Waals surface area contributed by atoms with Crippen LogP contribution >= 0.6 is 0 Å². The monoisotopic (exact) mass is 518 g/mol. The molecule has 37 heavy (non-hydrogen) atoms. The Morgan fingerprint density at radius 1 is 0.946 bits per heavy atom. The smallest absolute Gasteiger partial charge is 0.380 e. The molecule has 3 aliphatic rings. The molecule has 5 rings (SSSR count). The molecular formula is C27H33F3N4O3. The van der Waals surface area contributed by atoms with Crippen LogP contribution in [-0.2, 0) is 21.3 Å². The van der Waals surface area contributed by atoms with E-state index in [4.69, 9.17) is 4.74 Å². The number of piperazine rings is 1. The van der Waals surface area contributed by atoms with Gasteiger partial charge in [-0.25, -0.2) is 0 Å². The standard InChI is InChI=1S/C27H33F3N4O3/c1-32-10-12-34(13-11-32)24-15-21(26(36)17-37-18-26)14-22(16-24)31-25(35)19-6-8-33(9-7-19)23-4-2-20(3-5-23)27(28,29)30/h2-5,14-16,19,36H,6-13,17-18H2,1H3,(H,31,35). The fraction of sp³-hybridized carbons (Fsp3) is 0.519. The number of hydrogen-bond donors (Lipinski definition) is 2. The number of rotatable bonds is 5. The first kappa shape index (κ1) is 25.8. The van der Waals surface area contributed by atoms with Gasteiger partial charge in [0, 0.05) is 62.2 Å². The van der Waals surface area contributed by atoms with Crippen LogP contribution in [0.15, 0.2) is 42.5 Å². The molecule has 1 amide bonds. The fourth-order valence-electron chi connectivity index (χ4n) is 5.17. The zero-order valence-corrected chi connectivity index (χ0v) is 20.9. The SMILES string of the molecule is CN1CCN(c2cc(NC(=O)C3CCN(c4ccc(C(F)(F)F)cc4)CC3)cc(C3(O)COC3)c2)CC1. The summed E-state index contributed by atoms with van der Waals surface area (Å²) in [5, 5.41) is 14.0. The van der Waals surface area contributed by atoms with E-state index in [0.29, 0.717) is 31.6 Å². The molecule has 3 saturated heterocycles. The third kappa shape index (κ3) is 5.71. The van der Waals surface area contributed by atoms with Gasteiger partial charge in [0.05, 0.1) is 18.8 Å². The molecular weight excluding hydrogens is 485 g/mol. The summed E-state index contributed by atoms with van der Waals surface area (Å²) in [7, 11) is 2.09. The Kier molecular flexibility index (Phi) is 7.08. The molecule has 0 aromatic heterocycles. The van der Waals surface area contributed by atoms with E-state index in [1.165, 1.54) is 12.1 Å². The molecule has 3 fully saturated rings. The van der Waals surface area contributed by atoms with Crippen molar-refractivity contribution >= 4 is 23.0 Å². The molecule has 0 unspecified atom stereocenters. The molecule has 0 aliphatic carbocycles. The minimum atomic E-state index is -4.35. The van der Waals surface area contributed by atoms with E-state index in [-0.39, 0.29) is 25.0 Å². The van der Waals surface area contributed by atoms with Crippen molar-refractivity contribution in [3.63, 3.8) is 0 Å². The van der Waals surface area contributed by atoms with Crippen LogP contribution in [0, 0.1) is 5.92 Å². The van der Waals surface area contributed by atoms with Crippen LogP contribution in [0.25, 0.3) is 0 Å². The fourth-order valence-corrected chi connectivity index (χ4v) is 5.17. The summed E-state index contributed by atoms with van der Waals surface area (Å²) >= 11 is 0. The number of nitrogens with zero attached hydrogens (tertiary/aromatic N) is 3. The second kappa shape index (κ2) is 10.2. The van der Waals surface area contributed by atoms with Gasteiger partial charge in [-0.2, -0.15) is 13.2 Å². The first-order valence-corrected chi connectivity index (χ1v) is 12.7. The van der Waals surface area contributed by atoms with Crippen molar-refractivity contribution in [1.82, 2.24) is 4.90 Å². The van der Waals surface area contributed by atoms with Gasteiger partial charge >= 0.3 is 6.18 Å². The van der Waals surface area contributed by atoms with E-state index < -0.39 is 17.3 Å². The second-order valence-electron chi connectivity index (χ2n) is 10.4. The van der Waals surface area contributed by atoms with Gasteiger partial charge in [0.15, 0.2) is 0 Å². The van der Waals surface area contributed by atoms with Crippen LogP contribution in [0.1, 0.15) is 24.0 Å². The number of carbonyl (C=O) groups excluding carboxylic acids is 1. The third-order valence-electron chi connectivity index (χ3n) is 7.70. The molecule has 3 aliphatic heterocycles. The molecule has 200 valence electrons. The molecule has 0 saturated carbocycles. The van der Waals surface area contributed by atoms with Gasteiger partial charge in [0.2, 0.25) is 5.91 Å². The number of piperidine rings is 1. The lowest BCUT2D eigenvalue weighted by atomic mass is 9.90. The molecule has 0 atom stereocenters. The van der Waals surface area contributed by atoms with Gasteiger partial charge in [-0.3, -0.25) is 4.79 Å². The van der Waals surface area contributed by atoms with Crippen LogP contribution in [0.5, 0.6) is 0 Å². The minimum Gasteiger partial charge on any atom is -0.380 e. The number of halogens is 3. The maximum atomic E-state index is 13.2. The van der Waals surface area contributed by atoms with Crippen LogP contribution in [0.3, 0.4) is 0 Å². The van der Waals surface area contributed by atoms with Gasteiger partial charge in [-0.1, -0.05) is 0 Å². The predicted molar refractivity (Wildman–Crippen MR) is 136 cm³/mol. The Labute approximate surface area is 214 Å². The number of aliphatic hydroxyl groups is 1. The Morgan fingerprint density at radius 2 is 1.57 bits per heavy atom. The van der Waals surface area contributed by atoms with Crippen molar-refractivity contribution in [2.45, 2.75) is 24.6 Å². The molecule has 0 bridgehead atoms. The lowest BCUT2D eigenvalue weighted by Crippen LogP contribution is -2.47. The number of hydrogen-bond acceptors (Lipinski definition) is 6.